The largest absolute Gasteiger partial charge is 0.436 e. The molecule has 4 heteroatoms. The van der Waals surface area contributed by atoms with Crippen molar-refractivity contribution in [1.82, 2.24) is 14.5 Å². The van der Waals surface area contributed by atoms with Gasteiger partial charge >= 0.3 is 0 Å². The highest BCUT2D eigenvalue weighted by molar-refractivity contribution is 6.21. The molecule has 0 bridgehead atoms. The third-order valence-corrected chi connectivity index (χ3v) is 9.23. The Bertz CT molecular complexity index is 2820. The Morgan fingerprint density at radius 1 is 0.500 bits per heavy atom. The first-order valence-electron chi connectivity index (χ1n) is 15.5. The molecule has 46 heavy (non-hydrogen) atoms. The highest BCUT2D eigenvalue weighted by atomic mass is 16.3. The molecule has 0 aliphatic carbocycles. The van der Waals surface area contributed by atoms with Crippen LogP contribution in [0.4, 0.5) is 0 Å². The number of nitrogens with zero attached hydrogens (tertiary/aromatic N) is 3. The summed E-state index contributed by atoms with van der Waals surface area (Å²) >= 11 is 0. The molecule has 0 spiro atoms. The van der Waals surface area contributed by atoms with Crippen LogP contribution in [0.5, 0.6) is 0 Å². The van der Waals surface area contributed by atoms with E-state index in [9.17, 15) is 0 Å². The maximum atomic E-state index is 6.10. The summed E-state index contributed by atoms with van der Waals surface area (Å²) in [6.07, 6.45) is 1.81. The van der Waals surface area contributed by atoms with Gasteiger partial charge in [0.1, 0.15) is 11.1 Å². The van der Waals surface area contributed by atoms with Crippen molar-refractivity contribution in [1.29, 1.82) is 0 Å². The normalized spacial score (nSPS) is 11.9. The van der Waals surface area contributed by atoms with Crippen molar-refractivity contribution in [2.24, 2.45) is 0 Å². The quantitative estimate of drug-likeness (QED) is 0.207. The molecule has 10 aromatic rings. The molecular weight excluding hydrogens is 562 g/mol. The number of benzene rings is 7. The molecule has 0 saturated carbocycles. The van der Waals surface area contributed by atoms with E-state index >= 15 is 0 Å². The van der Waals surface area contributed by atoms with Crippen LogP contribution in [0.15, 0.2) is 156 Å². The zero-order valence-electron chi connectivity index (χ0n) is 24.7. The van der Waals surface area contributed by atoms with Crippen LogP contribution in [-0.4, -0.2) is 14.5 Å². The number of aromatic nitrogens is 3. The van der Waals surface area contributed by atoms with Gasteiger partial charge in [-0.1, -0.05) is 109 Å². The summed E-state index contributed by atoms with van der Waals surface area (Å²) in [5, 5.41) is 8.35. The minimum atomic E-state index is 0.554. The number of rotatable bonds is 3. The van der Waals surface area contributed by atoms with E-state index in [4.69, 9.17) is 14.4 Å². The highest BCUT2D eigenvalue weighted by Crippen LogP contribution is 2.38. The lowest BCUT2D eigenvalue weighted by Gasteiger charge is -2.11. The van der Waals surface area contributed by atoms with Crippen LogP contribution >= 0.6 is 0 Å². The SMILES string of the molecule is c1cc(-c2cccc(-n3c4ccccc4c4c5ccccc5ccc43)c2)cc(-c2cnc3oc4ccc5ccccc5c4c3n2)c1. The van der Waals surface area contributed by atoms with Crippen LogP contribution in [0.3, 0.4) is 0 Å². The minimum absolute atomic E-state index is 0.554. The van der Waals surface area contributed by atoms with E-state index < -0.39 is 0 Å². The summed E-state index contributed by atoms with van der Waals surface area (Å²) in [6, 6.07) is 51.6. The second-order valence-electron chi connectivity index (χ2n) is 11.8. The predicted octanol–water partition coefficient (Wildman–Crippen LogP) is 11.1. The fourth-order valence-electron chi connectivity index (χ4n) is 7.14. The van der Waals surface area contributed by atoms with E-state index in [1.54, 1.807) is 0 Å². The monoisotopic (exact) mass is 587 g/mol. The second kappa shape index (κ2) is 9.62. The van der Waals surface area contributed by atoms with Crippen molar-refractivity contribution < 1.29 is 4.42 Å². The van der Waals surface area contributed by atoms with E-state index in [-0.39, 0.29) is 0 Å². The zero-order chi connectivity index (χ0) is 30.2. The Hall–Kier alpha value is -6.26. The van der Waals surface area contributed by atoms with Gasteiger partial charge < -0.3 is 8.98 Å². The standard InChI is InChI=1S/C42H25N3O/c1-3-15-32-26(9-1)19-21-37-39(32)34-17-5-6-18-36(34)45(37)31-14-8-12-29(24-31)28-11-7-13-30(23-28)35-25-43-42-41(44-35)40-33-16-4-2-10-27(33)20-22-38(40)46-42/h1-25H. The Kier molecular flexibility index (Phi) is 5.25. The van der Waals surface area contributed by atoms with Gasteiger partial charge in [-0.05, 0) is 69.1 Å². The van der Waals surface area contributed by atoms with Crippen LogP contribution < -0.4 is 0 Å². The van der Waals surface area contributed by atoms with Crippen LogP contribution in [0.25, 0.3) is 93.6 Å². The van der Waals surface area contributed by atoms with E-state index in [1.807, 2.05) is 12.3 Å². The molecule has 4 nitrogen and oxygen atoms in total. The maximum absolute atomic E-state index is 6.10. The van der Waals surface area contributed by atoms with E-state index in [1.165, 1.54) is 32.6 Å². The summed E-state index contributed by atoms with van der Waals surface area (Å²) in [7, 11) is 0. The molecule has 0 atom stereocenters. The summed E-state index contributed by atoms with van der Waals surface area (Å²) in [5.74, 6) is 0. The number of hydrogen-bond acceptors (Lipinski definition) is 3. The number of fused-ring (bicyclic) bond motifs is 10. The first-order chi connectivity index (χ1) is 22.8. The molecule has 3 aromatic heterocycles. The molecule has 0 saturated heterocycles. The molecule has 0 amide bonds. The maximum Gasteiger partial charge on any atom is 0.246 e. The van der Waals surface area contributed by atoms with Gasteiger partial charge in [-0.2, -0.15) is 0 Å². The van der Waals surface area contributed by atoms with Crippen LogP contribution in [0.2, 0.25) is 0 Å². The third kappa shape index (κ3) is 3.67. The Morgan fingerprint density at radius 2 is 1.17 bits per heavy atom. The number of para-hydroxylation sites is 1. The lowest BCUT2D eigenvalue weighted by molar-refractivity contribution is 0.653. The number of hydrogen-bond donors (Lipinski definition) is 0. The molecule has 0 N–H and O–H groups in total. The molecule has 214 valence electrons. The van der Waals surface area contributed by atoms with Gasteiger partial charge in [-0.15, -0.1) is 0 Å². The Labute approximate surface area is 263 Å². The zero-order valence-corrected chi connectivity index (χ0v) is 24.7. The lowest BCUT2D eigenvalue weighted by Crippen LogP contribution is -1.94. The van der Waals surface area contributed by atoms with Gasteiger partial charge in [0.05, 0.1) is 28.3 Å². The van der Waals surface area contributed by atoms with Gasteiger partial charge in [0.2, 0.25) is 5.71 Å². The predicted molar refractivity (Wildman–Crippen MR) is 190 cm³/mol. The molecule has 0 aliphatic rings. The summed E-state index contributed by atoms with van der Waals surface area (Å²) in [4.78, 5) is 9.81. The lowest BCUT2D eigenvalue weighted by atomic mass is 10.0. The number of furan rings is 1. The average Bonchev–Trinajstić information content (AvgIpc) is 3.68. The molecule has 0 fully saturated rings. The van der Waals surface area contributed by atoms with Gasteiger partial charge in [0.15, 0.2) is 0 Å². The highest BCUT2D eigenvalue weighted by Gasteiger charge is 2.16. The topological polar surface area (TPSA) is 43.9 Å². The van der Waals surface area contributed by atoms with Crippen LogP contribution in [0.1, 0.15) is 0 Å². The van der Waals surface area contributed by atoms with Crippen molar-refractivity contribution in [3.63, 3.8) is 0 Å². The van der Waals surface area contributed by atoms with Crippen molar-refractivity contribution in [3.8, 4) is 28.1 Å². The average molecular weight is 588 g/mol. The fraction of sp³-hybridized carbons (Fsp3) is 0. The summed E-state index contributed by atoms with van der Waals surface area (Å²) in [6.45, 7) is 0. The van der Waals surface area contributed by atoms with Crippen molar-refractivity contribution in [3.05, 3.63) is 152 Å². The first kappa shape index (κ1) is 25.1. The Morgan fingerprint density at radius 3 is 2.02 bits per heavy atom. The van der Waals surface area contributed by atoms with Gasteiger partial charge in [-0.3, -0.25) is 0 Å². The summed E-state index contributed by atoms with van der Waals surface area (Å²) in [5.41, 5.74) is 9.75. The van der Waals surface area contributed by atoms with Gasteiger partial charge in [0.25, 0.3) is 0 Å². The molecule has 3 heterocycles. The van der Waals surface area contributed by atoms with Gasteiger partial charge in [-0.25, -0.2) is 9.97 Å². The molecule has 0 aliphatic heterocycles. The van der Waals surface area contributed by atoms with Crippen LogP contribution in [-0.2, 0) is 0 Å². The fourth-order valence-corrected chi connectivity index (χ4v) is 7.14. The van der Waals surface area contributed by atoms with E-state index in [2.05, 4.69) is 144 Å². The molecular formula is C42H25N3O. The second-order valence-corrected chi connectivity index (χ2v) is 11.8. The van der Waals surface area contributed by atoms with Crippen molar-refractivity contribution in [2.75, 3.05) is 0 Å². The van der Waals surface area contributed by atoms with Crippen molar-refractivity contribution >= 4 is 65.6 Å². The molecule has 10 rings (SSSR count). The van der Waals surface area contributed by atoms with Crippen molar-refractivity contribution in [2.45, 2.75) is 0 Å². The smallest absolute Gasteiger partial charge is 0.246 e. The van der Waals surface area contributed by atoms with E-state index in [0.29, 0.717) is 5.71 Å². The summed E-state index contributed by atoms with van der Waals surface area (Å²) < 4.78 is 8.49. The molecule has 0 radical (unpaired) electrons. The molecule has 0 unspecified atom stereocenters. The molecule has 7 aromatic carbocycles. The van der Waals surface area contributed by atoms with Crippen LogP contribution in [0, 0.1) is 0 Å². The Balaban J connectivity index is 1.12. The van der Waals surface area contributed by atoms with Gasteiger partial charge in [0, 0.05) is 22.0 Å². The first-order valence-corrected chi connectivity index (χ1v) is 15.5. The van der Waals surface area contributed by atoms with E-state index in [0.717, 1.165) is 55.3 Å². The third-order valence-electron chi connectivity index (χ3n) is 9.23. The minimum Gasteiger partial charge on any atom is -0.436 e.